The monoisotopic (exact) mass is 444 g/mol. The zero-order valence-corrected chi connectivity index (χ0v) is 18.6. The van der Waals surface area contributed by atoms with Gasteiger partial charge in [0.1, 0.15) is 11.5 Å². The van der Waals surface area contributed by atoms with Crippen molar-refractivity contribution in [3.8, 4) is 22.4 Å². The molecule has 0 aliphatic heterocycles. The van der Waals surface area contributed by atoms with Crippen molar-refractivity contribution < 1.29 is 14.4 Å². The molecule has 0 atom stereocenters. The van der Waals surface area contributed by atoms with Crippen molar-refractivity contribution in [2.75, 3.05) is 30.6 Å². The first-order chi connectivity index (χ1) is 16.0. The van der Waals surface area contributed by atoms with Crippen LogP contribution in [0.25, 0.3) is 28.0 Å². The zero-order valence-electron chi connectivity index (χ0n) is 18.6. The Balaban J connectivity index is 1.67. The Morgan fingerprint density at radius 1 is 1.06 bits per heavy atom. The summed E-state index contributed by atoms with van der Waals surface area (Å²) in [4.78, 5) is 39.1. The number of hydrogen-bond donors (Lipinski definition) is 1. The lowest BCUT2D eigenvalue weighted by Crippen LogP contribution is -2.39. The van der Waals surface area contributed by atoms with E-state index >= 15 is 0 Å². The molecular formula is C24H24N6O3. The summed E-state index contributed by atoms with van der Waals surface area (Å²) in [5.41, 5.74) is 4.85. The first-order valence-corrected chi connectivity index (χ1v) is 10.4. The van der Waals surface area contributed by atoms with Crippen LogP contribution < -0.4 is 15.3 Å². The molecule has 0 radical (unpaired) electrons. The van der Waals surface area contributed by atoms with Gasteiger partial charge in [0, 0.05) is 44.2 Å². The second-order valence-corrected chi connectivity index (χ2v) is 7.47. The molecular weight excluding hydrogens is 420 g/mol. The summed E-state index contributed by atoms with van der Waals surface area (Å²) in [6.07, 6.45) is 5.56. The van der Waals surface area contributed by atoms with Gasteiger partial charge in [0.05, 0.1) is 17.6 Å². The minimum Gasteiger partial charge on any atom is -0.363 e. The van der Waals surface area contributed by atoms with E-state index in [9.17, 15) is 9.59 Å². The van der Waals surface area contributed by atoms with E-state index in [1.54, 1.807) is 31.3 Å². The van der Waals surface area contributed by atoms with E-state index in [1.165, 1.54) is 0 Å². The molecule has 0 aliphatic carbocycles. The van der Waals surface area contributed by atoms with Crippen LogP contribution in [0.4, 0.5) is 16.3 Å². The summed E-state index contributed by atoms with van der Waals surface area (Å²) in [5.74, 6) is 0.892. The lowest BCUT2D eigenvalue weighted by Gasteiger charge is -2.19. The van der Waals surface area contributed by atoms with Gasteiger partial charge in [0.2, 0.25) is 0 Å². The van der Waals surface area contributed by atoms with Crippen LogP contribution in [0.15, 0.2) is 67.1 Å². The molecule has 0 bridgehead atoms. The maximum atomic E-state index is 12.3. The Kier molecular flexibility index (Phi) is 6.21. The molecule has 3 aromatic heterocycles. The quantitative estimate of drug-likeness (QED) is 0.345. The highest BCUT2D eigenvalue weighted by molar-refractivity contribution is 5.91. The van der Waals surface area contributed by atoms with E-state index in [1.807, 2.05) is 66.1 Å². The van der Waals surface area contributed by atoms with E-state index in [2.05, 4.69) is 15.3 Å². The maximum Gasteiger partial charge on any atom is 0.355 e. The number of urea groups is 1. The Labute approximate surface area is 191 Å². The van der Waals surface area contributed by atoms with Crippen LogP contribution in [-0.2, 0) is 9.63 Å². The van der Waals surface area contributed by atoms with Crippen LogP contribution >= 0.6 is 0 Å². The van der Waals surface area contributed by atoms with Crippen molar-refractivity contribution in [1.29, 1.82) is 0 Å². The van der Waals surface area contributed by atoms with Crippen molar-refractivity contribution in [1.82, 2.24) is 19.7 Å². The molecule has 1 aromatic carbocycles. The van der Waals surface area contributed by atoms with Gasteiger partial charge in [-0.25, -0.2) is 14.8 Å². The highest BCUT2D eigenvalue weighted by Gasteiger charge is 2.18. The normalized spacial score (nSPS) is 10.6. The Morgan fingerprint density at radius 3 is 2.61 bits per heavy atom. The van der Waals surface area contributed by atoms with Gasteiger partial charge >= 0.3 is 12.5 Å². The van der Waals surface area contributed by atoms with Crippen LogP contribution in [0.5, 0.6) is 0 Å². The summed E-state index contributed by atoms with van der Waals surface area (Å²) in [5, 5.41) is 3.54. The van der Waals surface area contributed by atoms with Gasteiger partial charge in [-0.1, -0.05) is 12.1 Å². The third-order valence-electron chi connectivity index (χ3n) is 5.09. The number of imidazole rings is 1. The molecule has 0 aliphatic rings. The number of pyridine rings is 2. The molecule has 0 saturated carbocycles. The molecule has 9 heteroatoms. The fourth-order valence-corrected chi connectivity index (χ4v) is 3.48. The summed E-state index contributed by atoms with van der Waals surface area (Å²) in [7, 11) is 3.91. The summed E-state index contributed by atoms with van der Waals surface area (Å²) < 4.78 is 1.96. The average Bonchev–Trinajstić information content (AvgIpc) is 3.26. The predicted molar refractivity (Wildman–Crippen MR) is 127 cm³/mol. The predicted octanol–water partition coefficient (Wildman–Crippen LogP) is 3.75. The third kappa shape index (κ3) is 4.47. The highest BCUT2D eigenvalue weighted by atomic mass is 16.7. The van der Waals surface area contributed by atoms with E-state index in [0.717, 1.165) is 38.9 Å². The second-order valence-electron chi connectivity index (χ2n) is 7.47. The van der Waals surface area contributed by atoms with Crippen molar-refractivity contribution in [2.45, 2.75) is 6.92 Å². The summed E-state index contributed by atoms with van der Waals surface area (Å²) >= 11 is 0. The number of nitrogens with one attached hydrogen (secondary N) is 1. The van der Waals surface area contributed by atoms with Gasteiger partial charge in [0.25, 0.3) is 0 Å². The van der Waals surface area contributed by atoms with E-state index in [0.29, 0.717) is 12.2 Å². The molecule has 2 amide bonds. The van der Waals surface area contributed by atoms with E-state index in [-0.39, 0.29) is 6.47 Å². The Bertz CT molecular complexity index is 1280. The molecule has 0 fully saturated rings. The minimum absolute atomic E-state index is 0.220. The van der Waals surface area contributed by atoms with Gasteiger partial charge in [-0.05, 0) is 48.9 Å². The van der Waals surface area contributed by atoms with Gasteiger partial charge in [0.15, 0.2) is 0 Å². The van der Waals surface area contributed by atoms with Crippen molar-refractivity contribution in [3.05, 3.63) is 67.1 Å². The molecule has 4 aromatic rings. The number of benzene rings is 1. The summed E-state index contributed by atoms with van der Waals surface area (Å²) in [6.45, 7) is 2.41. The Morgan fingerprint density at radius 2 is 1.91 bits per heavy atom. The first-order valence-electron chi connectivity index (χ1n) is 10.4. The fourth-order valence-electron chi connectivity index (χ4n) is 3.48. The topological polar surface area (TPSA) is 92.1 Å². The van der Waals surface area contributed by atoms with Crippen LogP contribution in [0.1, 0.15) is 6.92 Å². The molecule has 33 heavy (non-hydrogen) atoms. The number of hydroxylamine groups is 1. The maximum absolute atomic E-state index is 12.3. The number of amides is 2. The third-order valence-corrected chi connectivity index (χ3v) is 5.09. The average molecular weight is 444 g/mol. The SMILES string of the molecule is CCNC(=O)N(OC=O)c1cccc(-c2cnc3cc(-c4ccc(N(C)C)nc4)ccn23)c1. The molecule has 0 saturated heterocycles. The molecule has 0 spiro atoms. The van der Waals surface area contributed by atoms with E-state index < -0.39 is 6.03 Å². The lowest BCUT2D eigenvalue weighted by molar-refractivity contribution is -0.128. The van der Waals surface area contributed by atoms with Crippen LogP contribution in [0.3, 0.4) is 0 Å². The van der Waals surface area contributed by atoms with Crippen molar-refractivity contribution in [3.63, 3.8) is 0 Å². The molecule has 1 N–H and O–H groups in total. The van der Waals surface area contributed by atoms with Gasteiger partial charge < -0.3 is 15.1 Å². The number of anilines is 2. The number of hydrogen-bond acceptors (Lipinski definition) is 6. The largest absolute Gasteiger partial charge is 0.363 e. The van der Waals surface area contributed by atoms with Crippen molar-refractivity contribution >= 4 is 29.7 Å². The molecule has 3 heterocycles. The lowest BCUT2D eigenvalue weighted by atomic mass is 10.1. The van der Waals surface area contributed by atoms with Gasteiger partial charge in [-0.15, -0.1) is 5.06 Å². The van der Waals surface area contributed by atoms with Crippen LogP contribution in [0, 0.1) is 0 Å². The standard InChI is InChI=1S/C24H24N6O3/c1-4-25-24(32)30(33-16-31)20-7-5-6-18(12-20)21-15-27-23-13-17(10-11-29(21)23)19-8-9-22(26-14-19)28(2)3/h5-16H,4H2,1-3H3,(H,25,32). The van der Waals surface area contributed by atoms with Crippen LogP contribution in [-0.4, -0.2) is 47.5 Å². The Hall–Kier alpha value is -4.40. The number of fused-ring (bicyclic) bond motifs is 1. The number of nitrogens with zero attached hydrogens (tertiary/aromatic N) is 5. The smallest absolute Gasteiger partial charge is 0.355 e. The molecule has 4 rings (SSSR count). The van der Waals surface area contributed by atoms with Gasteiger partial charge in [-0.3, -0.25) is 9.20 Å². The number of rotatable bonds is 7. The van der Waals surface area contributed by atoms with Gasteiger partial charge in [-0.2, -0.15) is 0 Å². The first kappa shape index (κ1) is 21.8. The number of carbonyl (C=O) groups excluding carboxylic acids is 2. The second kappa shape index (κ2) is 9.39. The molecule has 9 nitrogen and oxygen atoms in total. The number of carbonyl (C=O) groups is 2. The zero-order chi connectivity index (χ0) is 23.4. The van der Waals surface area contributed by atoms with E-state index in [4.69, 9.17) is 4.84 Å². The fraction of sp³-hybridized carbons (Fsp3) is 0.167. The van der Waals surface area contributed by atoms with Crippen molar-refractivity contribution in [2.24, 2.45) is 0 Å². The number of aromatic nitrogens is 3. The molecule has 168 valence electrons. The summed E-state index contributed by atoms with van der Waals surface area (Å²) in [6, 6.07) is 14.6. The highest BCUT2D eigenvalue weighted by Crippen LogP contribution is 2.28. The molecule has 0 unspecified atom stereocenters. The minimum atomic E-state index is -0.529. The van der Waals surface area contributed by atoms with Crippen LogP contribution in [0.2, 0.25) is 0 Å².